The first-order valence-corrected chi connectivity index (χ1v) is 6.95. The van der Waals surface area contributed by atoms with E-state index in [4.69, 9.17) is 9.47 Å². The van der Waals surface area contributed by atoms with Crippen molar-refractivity contribution >= 4 is 5.78 Å². The number of aromatic hydroxyl groups is 3. The molecule has 6 heteroatoms. The number of phenolic OH excluding ortho intramolecular Hbond substituents is 3. The Kier molecular flexibility index (Phi) is 4.95. The van der Waals surface area contributed by atoms with Crippen molar-refractivity contribution in [2.75, 3.05) is 14.2 Å². The van der Waals surface area contributed by atoms with Gasteiger partial charge in [-0.05, 0) is 18.1 Å². The summed E-state index contributed by atoms with van der Waals surface area (Å²) in [5.74, 6) is -0.406. The second-order valence-corrected chi connectivity index (χ2v) is 4.96. The van der Waals surface area contributed by atoms with Crippen molar-refractivity contribution in [3.63, 3.8) is 0 Å². The summed E-state index contributed by atoms with van der Waals surface area (Å²) in [5, 5.41) is 28.7. The van der Waals surface area contributed by atoms with E-state index < -0.39 is 17.3 Å². The van der Waals surface area contributed by atoms with Crippen molar-refractivity contribution in [3.8, 4) is 28.7 Å². The van der Waals surface area contributed by atoms with Crippen molar-refractivity contribution in [2.45, 2.75) is 12.8 Å². The summed E-state index contributed by atoms with van der Waals surface area (Å²) in [6, 6.07) is 7.30. The minimum atomic E-state index is -0.450. The van der Waals surface area contributed by atoms with E-state index in [1.54, 1.807) is 25.3 Å². The molecule has 0 bridgehead atoms. The Balaban J connectivity index is 2.17. The molecule has 0 unspecified atom stereocenters. The minimum Gasteiger partial charge on any atom is -0.508 e. The fourth-order valence-corrected chi connectivity index (χ4v) is 2.31. The van der Waals surface area contributed by atoms with Crippen molar-refractivity contribution in [1.82, 2.24) is 0 Å². The van der Waals surface area contributed by atoms with Crippen LogP contribution in [0.25, 0.3) is 0 Å². The molecule has 0 heterocycles. The van der Waals surface area contributed by atoms with E-state index in [2.05, 4.69) is 0 Å². The van der Waals surface area contributed by atoms with Crippen LogP contribution in [-0.2, 0) is 6.42 Å². The summed E-state index contributed by atoms with van der Waals surface area (Å²) in [6.07, 6.45) is 0.431. The van der Waals surface area contributed by atoms with E-state index in [0.717, 1.165) is 17.7 Å². The number of hydrogen-bond donors (Lipinski definition) is 3. The highest BCUT2D eigenvalue weighted by Gasteiger charge is 2.18. The average Bonchev–Trinajstić information content (AvgIpc) is 2.51. The van der Waals surface area contributed by atoms with E-state index in [-0.39, 0.29) is 17.7 Å². The summed E-state index contributed by atoms with van der Waals surface area (Å²) in [7, 11) is 3.08. The molecule has 0 aliphatic carbocycles. The zero-order chi connectivity index (χ0) is 17.0. The molecule has 23 heavy (non-hydrogen) atoms. The highest BCUT2D eigenvalue weighted by Crippen LogP contribution is 2.33. The third kappa shape index (κ3) is 3.66. The van der Waals surface area contributed by atoms with Gasteiger partial charge in [0.15, 0.2) is 5.78 Å². The second-order valence-electron chi connectivity index (χ2n) is 4.96. The van der Waals surface area contributed by atoms with Gasteiger partial charge in [-0.15, -0.1) is 0 Å². The highest BCUT2D eigenvalue weighted by atomic mass is 16.5. The van der Waals surface area contributed by atoms with Crippen molar-refractivity contribution in [3.05, 3.63) is 41.5 Å². The van der Waals surface area contributed by atoms with Crippen LogP contribution >= 0.6 is 0 Å². The van der Waals surface area contributed by atoms with E-state index in [1.165, 1.54) is 7.11 Å². The van der Waals surface area contributed by atoms with Crippen LogP contribution in [0.3, 0.4) is 0 Å². The molecular weight excluding hydrogens is 300 g/mol. The topological polar surface area (TPSA) is 96.2 Å². The number of carbonyl (C=O) groups excluding carboxylic acids is 1. The lowest BCUT2D eigenvalue weighted by Crippen LogP contribution is -2.03. The van der Waals surface area contributed by atoms with Crippen LogP contribution in [0.1, 0.15) is 22.3 Å². The Morgan fingerprint density at radius 2 is 1.65 bits per heavy atom. The number of aryl methyl sites for hydroxylation is 1. The van der Waals surface area contributed by atoms with Gasteiger partial charge in [-0.1, -0.05) is 6.07 Å². The maximum Gasteiger partial charge on any atom is 0.170 e. The van der Waals surface area contributed by atoms with E-state index in [1.807, 2.05) is 0 Å². The Hall–Kier alpha value is -2.89. The van der Waals surface area contributed by atoms with Gasteiger partial charge in [-0.2, -0.15) is 0 Å². The number of methoxy groups -OCH3 is 2. The molecule has 0 amide bonds. The first-order valence-electron chi connectivity index (χ1n) is 6.95. The van der Waals surface area contributed by atoms with Crippen LogP contribution in [0.4, 0.5) is 0 Å². The second kappa shape index (κ2) is 6.91. The van der Waals surface area contributed by atoms with Crippen LogP contribution in [-0.4, -0.2) is 35.3 Å². The van der Waals surface area contributed by atoms with Gasteiger partial charge in [0, 0.05) is 24.6 Å². The molecule has 0 saturated carbocycles. The molecule has 0 radical (unpaired) electrons. The number of benzene rings is 2. The predicted molar refractivity (Wildman–Crippen MR) is 83.6 cm³/mol. The van der Waals surface area contributed by atoms with Gasteiger partial charge >= 0.3 is 0 Å². The maximum absolute atomic E-state index is 12.2. The molecule has 2 rings (SSSR count). The number of Topliss-reactive ketones (excluding diaryl/α,β-unsaturated/α-hetero) is 1. The standard InChI is InChI=1S/C17H18O6/c1-22-12-5-3-10(16(9-12)23-2)4-6-13(19)17-14(20)7-11(18)8-15(17)21/h3,5,7-9,18,20-21H,4,6H2,1-2H3. The van der Waals surface area contributed by atoms with Crippen molar-refractivity contribution in [2.24, 2.45) is 0 Å². The molecule has 6 nitrogen and oxygen atoms in total. The van der Waals surface area contributed by atoms with Gasteiger partial charge in [0.05, 0.1) is 14.2 Å². The van der Waals surface area contributed by atoms with Gasteiger partial charge in [-0.3, -0.25) is 4.79 Å². The largest absolute Gasteiger partial charge is 0.508 e. The normalized spacial score (nSPS) is 10.3. The van der Waals surface area contributed by atoms with Crippen LogP contribution < -0.4 is 9.47 Å². The van der Waals surface area contributed by atoms with Gasteiger partial charge in [-0.25, -0.2) is 0 Å². The molecule has 0 aliphatic rings. The molecule has 0 saturated heterocycles. The summed E-state index contributed by atoms with van der Waals surface area (Å²) in [5.41, 5.74) is 0.606. The van der Waals surface area contributed by atoms with Crippen molar-refractivity contribution < 1.29 is 29.6 Å². The lowest BCUT2D eigenvalue weighted by Gasteiger charge is -2.11. The van der Waals surface area contributed by atoms with E-state index in [0.29, 0.717) is 17.9 Å². The summed E-state index contributed by atoms with van der Waals surface area (Å²) in [4.78, 5) is 12.2. The van der Waals surface area contributed by atoms with E-state index >= 15 is 0 Å². The van der Waals surface area contributed by atoms with Crippen LogP contribution in [0.2, 0.25) is 0 Å². The summed E-state index contributed by atoms with van der Waals surface area (Å²) in [6.45, 7) is 0. The van der Waals surface area contributed by atoms with Crippen LogP contribution in [0.15, 0.2) is 30.3 Å². The fraction of sp³-hybridized carbons (Fsp3) is 0.235. The Bertz CT molecular complexity index is 700. The maximum atomic E-state index is 12.2. The third-order valence-corrected chi connectivity index (χ3v) is 3.48. The van der Waals surface area contributed by atoms with Crippen LogP contribution in [0.5, 0.6) is 28.7 Å². The summed E-state index contributed by atoms with van der Waals surface area (Å²) >= 11 is 0. The van der Waals surface area contributed by atoms with Crippen molar-refractivity contribution in [1.29, 1.82) is 0 Å². The molecule has 122 valence electrons. The first kappa shape index (κ1) is 16.5. The Morgan fingerprint density at radius 1 is 1.00 bits per heavy atom. The number of carbonyl (C=O) groups is 1. The first-order chi connectivity index (χ1) is 11.0. The zero-order valence-electron chi connectivity index (χ0n) is 12.9. The number of hydrogen-bond acceptors (Lipinski definition) is 6. The molecule has 2 aromatic carbocycles. The SMILES string of the molecule is COc1ccc(CCC(=O)c2c(O)cc(O)cc2O)c(OC)c1. The highest BCUT2D eigenvalue weighted by molar-refractivity contribution is 6.01. The molecule has 2 aromatic rings. The molecule has 3 N–H and O–H groups in total. The fourth-order valence-electron chi connectivity index (χ4n) is 2.31. The Morgan fingerprint density at radius 3 is 2.22 bits per heavy atom. The molecule has 0 aliphatic heterocycles. The van der Waals surface area contributed by atoms with Gasteiger partial charge in [0.1, 0.15) is 34.3 Å². The quantitative estimate of drug-likeness (QED) is 0.709. The molecule has 0 atom stereocenters. The number of ether oxygens (including phenoxy) is 2. The third-order valence-electron chi connectivity index (χ3n) is 3.48. The summed E-state index contributed by atoms with van der Waals surface area (Å²) < 4.78 is 10.4. The molecule has 0 aromatic heterocycles. The predicted octanol–water partition coefficient (Wildman–Crippen LogP) is 2.64. The number of rotatable bonds is 6. The molecule has 0 spiro atoms. The zero-order valence-corrected chi connectivity index (χ0v) is 12.9. The van der Waals surface area contributed by atoms with Crippen LogP contribution in [0, 0.1) is 0 Å². The van der Waals surface area contributed by atoms with Gasteiger partial charge < -0.3 is 24.8 Å². The Labute approximate surface area is 133 Å². The van der Waals surface area contributed by atoms with Gasteiger partial charge in [0.25, 0.3) is 0 Å². The smallest absolute Gasteiger partial charge is 0.170 e. The average molecular weight is 318 g/mol. The molecule has 0 fully saturated rings. The van der Waals surface area contributed by atoms with E-state index in [9.17, 15) is 20.1 Å². The monoisotopic (exact) mass is 318 g/mol. The lowest BCUT2D eigenvalue weighted by atomic mass is 10.0. The number of ketones is 1. The number of phenols is 3. The minimum absolute atomic E-state index is 0.0641. The lowest BCUT2D eigenvalue weighted by molar-refractivity contribution is 0.0977. The van der Waals surface area contributed by atoms with Gasteiger partial charge in [0.2, 0.25) is 0 Å². The molecular formula is C17H18O6.